The number of aliphatic hydroxyl groups excluding tert-OH is 1. The van der Waals surface area contributed by atoms with E-state index in [1.165, 1.54) is 0 Å². The normalized spacial score (nSPS) is 22.9. The molecule has 4 aromatic carbocycles. The summed E-state index contributed by atoms with van der Waals surface area (Å²) >= 11 is 1.54. The first-order valence-electron chi connectivity index (χ1n) is 13.2. The van der Waals surface area contributed by atoms with Gasteiger partial charge in [-0.2, -0.15) is 0 Å². The molecule has 5 rings (SSSR count). The molecule has 0 saturated carbocycles. The average molecular weight is 543 g/mol. The molecule has 4 aromatic rings. The van der Waals surface area contributed by atoms with E-state index in [4.69, 9.17) is 18.9 Å². The van der Waals surface area contributed by atoms with Gasteiger partial charge in [0.05, 0.1) is 31.7 Å². The standard InChI is InChI=1S/C33H34O5S/c34-33-32(39-28-19-11-4-12-20-28)31(37-23-27-17-9-3-10-18-27)30(36-22-26-15-7-2-8-16-26)29(38-33)24-35-21-25-13-5-1-6-14-25/h1-20,29-34H,21-24H2/t29-,30-,31+,32-,33+/m1/s1. The molecule has 1 fully saturated rings. The number of rotatable bonds is 12. The minimum atomic E-state index is -1.06. The van der Waals surface area contributed by atoms with Crippen molar-refractivity contribution >= 4 is 11.8 Å². The molecule has 0 amide bonds. The fraction of sp³-hybridized carbons (Fsp3) is 0.273. The molecule has 1 N–H and O–H groups in total. The highest BCUT2D eigenvalue weighted by Gasteiger charge is 2.47. The molecule has 39 heavy (non-hydrogen) atoms. The predicted molar refractivity (Wildman–Crippen MR) is 153 cm³/mol. The summed E-state index contributed by atoms with van der Waals surface area (Å²) in [6.45, 7) is 1.50. The summed E-state index contributed by atoms with van der Waals surface area (Å²) < 4.78 is 25.4. The Morgan fingerprint density at radius 3 is 1.59 bits per heavy atom. The summed E-state index contributed by atoms with van der Waals surface area (Å²) in [5.74, 6) is 0. The van der Waals surface area contributed by atoms with Gasteiger partial charge in [-0.05, 0) is 28.8 Å². The third-order valence-electron chi connectivity index (χ3n) is 6.59. The number of hydrogen-bond acceptors (Lipinski definition) is 6. The maximum absolute atomic E-state index is 11.3. The van der Waals surface area contributed by atoms with E-state index in [2.05, 4.69) is 0 Å². The van der Waals surface area contributed by atoms with Crippen LogP contribution < -0.4 is 0 Å². The first kappa shape index (κ1) is 27.6. The maximum Gasteiger partial charge on any atom is 0.170 e. The fourth-order valence-corrected chi connectivity index (χ4v) is 5.78. The molecule has 0 aromatic heterocycles. The zero-order valence-electron chi connectivity index (χ0n) is 21.8. The number of benzene rings is 4. The van der Waals surface area contributed by atoms with Gasteiger partial charge >= 0.3 is 0 Å². The van der Waals surface area contributed by atoms with Gasteiger partial charge in [0.1, 0.15) is 18.3 Å². The molecule has 1 aliphatic rings. The molecule has 0 aliphatic carbocycles. The van der Waals surface area contributed by atoms with Crippen molar-refractivity contribution in [3.05, 3.63) is 138 Å². The third-order valence-corrected chi connectivity index (χ3v) is 7.91. The van der Waals surface area contributed by atoms with E-state index in [-0.39, 0.29) is 6.61 Å². The second-order valence-electron chi connectivity index (χ2n) is 9.48. The lowest BCUT2D eigenvalue weighted by molar-refractivity contribution is -0.261. The quantitative estimate of drug-likeness (QED) is 0.228. The van der Waals surface area contributed by atoms with Gasteiger partial charge in [0.25, 0.3) is 0 Å². The van der Waals surface area contributed by atoms with E-state index in [1.54, 1.807) is 11.8 Å². The van der Waals surface area contributed by atoms with Crippen LogP contribution in [-0.4, -0.2) is 41.6 Å². The SMILES string of the molecule is O[C@H]1O[C@H](COCc2ccccc2)[C@@H](OCc2ccccc2)[C@H](OCc2ccccc2)[C@H]1Sc1ccccc1. The van der Waals surface area contributed by atoms with E-state index in [0.717, 1.165) is 21.6 Å². The van der Waals surface area contributed by atoms with Gasteiger partial charge < -0.3 is 24.1 Å². The van der Waals surface area contributed by atoms with Gasteiger partial charge in [-0.1, -0.05) is 109 Å². The zero-order chi connectivity index (χ0) is 26.7. The predicted octanol–water partition coefficient (Wildman–Crippen LogP) is 6.25. The summed E-state index contributed by atoms with van der Waals surface area (Å²) in [5.41, 5.74) is 3.19. The van der Waals surface area contributed by atoms with Crippen LogP contribution in [0.15, 0.2) is 126 Å². The highest BCUT2D eigenvalue weighted by atomic mass is 32.2. The van der Waals surface area contributed by atoms with Crippen LogP contribution in [0.1, 0.15) is 16.7 Å². The Balaban J connectivity index is 1.38. The largest absolute Gasteiger partial charge is 0.374 e. The number of hydrogen-bond donors (Lipinski definition) is 1. The highest BCUT2D eigenvalue weighted by molar-refractivity contribution is 8.00. The van der Waals surface area contributed by atoms with Crippen LogP contribution in [0, 0.1) is 0 Å². The van der Waals surface area contributed by atoms with Crippen LogP contribution in [0.3, 0.4) is 0 Å². The van der Waals surface area contributed by atoms with Crippen molar-refractivity contribution in [1.29, 1.82) is 0 Å². The number of thioether (sulfide) groups is 1. The van der Waals surface area contributed by atoms with Crippen molar-refractivity contribution < 1.29 is 24.1 Å². The Labute approximate surface area is 234 Å². The highest BCUT2D eigenvalue weighted by Crippen LogP contribution is 2.37. The molecular formula is C33H34O5S. The van der Waals surface area contributed by atoms with Crippen LogP contribution in [0.4, 0.5) is 0 Å². The molecule has 1 aliphatic heterocycles. The van der Waals surface area contributed by atoms with E-state index < -0.39 is 29.9 Å². The molecule has 1 saturated heterocycles. The van der Waals surface area contributed by atoms with Crippen LogP contribution in [0.5, 0.6) is 0 Å². The van der Waals surface area contributed by atoms with Crippen molar-refractivity contribution in [1.82, 2.24) is 0 Å². The second kappa shape index (κ2) is 14.4. The van der Waals surface area contributed by atoms with Crippen molar-refractivity contribution in [2.75, 3.05) is 6.61 Å². The summed E-state index contributed by atoms with van der Waals surface area (Å²) in [5, 5.41) is 10.9. The smallest absolute Gasteiger partial charge is 0.170 e. The van der Waals surface area contributed by atoms with Gasteiger partial charge in [0, 0.05) is 4.90 Å². The van der Waals surface area contributed by atoms with Gasteiger partial charge in [0.2, 0.25) is 0 Å². The van der Waals surface area contributed by atoms with Gasteiger partial charge in [-0.15, -0.1) is 11.8 Å². The van der Waals surface area contributed by atoms with Crippen molar-refractivity contribution in [2.24, 2.45) is 0 Å². The molecule has 0 spiro atoms. The molecule has 0 bridgehead atoms. The average Bonchev–Trinajstić information content (AvgIpc) is 2.99. The summed E-state index contributed by atoms with van der Waals surface area (Å²) in [7, 11) is 0. The second-order valence-corrected chi connectivity index (χ2v) is 10.7. The van der Waals surface area contributed by atoms with Crippen molar-refractivity contribution in [2.45, 2.75) is 54.6 Å². The summed E-state index contributed by atoms with van der Waals surface area (Å²) in [4.78, 5) is 1.03. The minimum absolute atomic E-state index is 0.263. The van der Waals surface area contributed by atoms with E-state index in [9.17, 15) is 5.11 Å². The van der Waals surface area contributed by atoms with Gasteiger partial charge in [-0.25, -0.2) is 0 Å². The summed E-state index contributed by atoms with van der Waals surface area (Å²) in [6.07, 6.45) is -2.48. The Hall–Kier alpha value is -2.97. The van der Waals surface area contributed by atoms with Crippen LogP contribution in [0.25, 0.3) is 0 Å². The molecule has 202 valence electrons. The first-order chi connectivity index (χ1) is 19.3. The Kier molecular flexibility index (Phi) is 10.2. The first-order valence-corrected chi connectivity index (χ1v) is 14.1. The van der Waals surface area contributed by atoms with E-state index >= 15 is 0 Å². The van der Waals surface area contributed by atoms with Gasteiger partial charge in [0.15, 0.2) is 6.29 Å². The minimum Gasteiger partial charge on any atom is -0.374 e. The van der Waals surface area contributed by atoms with Crippen molar-refractivity contribution in [3.8, 4) is 0 Å². The Morgan fingerprint density at radius 2 is 1.05 bits per heavy atom. The molecule has 0 radical (unpaired) electrons. The monoisotopic (exact) mass is 542 g/mol. The number of ether oxygens (including phenoxy) is 4. The molecule has 6 heteroatoms. The lowest BCUT2D eigenvalue weighted by Gasteiger charge is -2.44. The van der Waals surface area contributed by atoms with Gasteiger partial charge in [-0.3, -0.25) is 0 Å². The van der Waals surface area contributed by atoms with E-state index in [1.807, 2.05) is 121 Å². The third kappa shape index (κ3) is 8.02. The van der Waals surface area contributed by atoms with Crippen LogP contribution in [-0.2, 0) is 38.8 Å². The molecule has 5 atom stereocenters. The lowest BCUT2D eigenvalue weighted by Crippen LogP contribution is -2.59. The number of aliphatic hydroxyl groups is 1. The fourth-order valence-electron chi connectivity index (χ4n) is 4.60. The van der Waals surface area contributed by atoms with E-state index in [0.29, 0.717) is 19.8 Å². The van der Waals surface area contributed by atoms with Crippen molar-refractivity contribution in [3.63, 3.8) is 0 Å². The topological polar surface area (TPSA) is 57.2 Å². The lowest BCUT2D eigenvalue weighted by atomic mass is 10.00. The van der Waals surface area contributed by atoms with Crippen LogP contribution >= 0.6 is 11.8 Å². The Morgan fingerprint density at radius 1 is 0.590 bits per heavy atom. The van der Waals surface area contributed by atoms with Crippen LogP contribution in [0.2, 0.25) is 0 Å². The maximum atomic E-state index is 11.3. The molecule has 0 unspecified atom stereocenters. The molecule has 5 nitrogen and oxygen atoms in total. The molecular weight excluding hydrogens is 508 g/mol. The Bertz CT molecular complexity index is 1230. The summed E-state index contributed by atoms with van der Waals surface area (Å²) in [6, 6.07) is 40.1. The molecule has 1 heterocycles. The zero-order valence-corrected chi connectivity index (χ0v) is 22.6.